The van der Waals surface area contributed by atoms with Crippen LogP contribution >= 0.6 is 0 Å². The summed E-state index contributed by atoms with van der Waals surface area (Å²) < 4.78 is 51.2. The molecule has 0 heterocycles. The van der Waals surface area contributed by atoms with Gasteiger partial charge >= 0.3 is 12.3 Å². The van der Waals surface area contributed by atoms with Crippen molar-refractivity contribution in [3.63, 3.8) is 0 Å². The number of alkyl halides is 3. The molecular weight excluding hydrogens is 273 g/mol. The van der Waals surface area contributed by atoms with Crippen LogP contribution in [0.4, 0.5) is 13.2 Å². The fourth-order valence-electron chi connectivity index (χ4n) is 1.19. The number of hydrogen-bond acceptors (Lipinski definition) is 3. The second-order valence-corrected chi connectivity index (χ2v) is 4.92. The molecule has 0 aliphatic carbocycles. The third kappa shape index (κ3) is 4.02. The zero-order valence-electron chi connectivity index (χ0n) is 9.15. The number of hydrogen-bond donors (Lipinski definition) is 1. The maximum atomic E-state index is 12.0. The van der Waals surface area contributed by atoms with Gasteiger partial charge in [0.1, 0.15) is 5.75 Å². The fourth-order valence-corrected chi connectivity index (χ4v) is 2.03. The predicted molar refractivity (Wildman–Crippen MR) is 57.0 cm³/mol. The van der Waals surface area contributed by atoms with Crippen molar-refractivity contribution in [3.8, 4) is 5.75 Å². The summed E-state index contributed by atoms with van der Waals surface area (Å²) in [6.45, 7) is 1.56. The van der Waals surface area contributed by atoms with Gasteiger partial charge < -0.3 is 9.84 Å². The molecule has 1 aromatic carbocycles. The van der Waals surface area contributed by atoms with Crippen molar-refractivity contribution in [1.82, 2.24) is 0 Å². The van der Waals surface area contributed by atoms with E-state index in [0.717, 1.165) is 18.2 Å². The first-order chi connectivity index (χ1) is 8.23. The van der Waals surface area contributed by atoms with E-state index < -0.39 is 34.4 Å². The molecule has 1 aromatic rings. The van der Waals surface area contributed by atoms with Crippen LogP contribution in [0.1, 0.15) is 17.3 Å². The van der Waals surface area contributed by atoms with Gasteiger partial charge in [-0.05, 0) is 18.2 Å². The second kappa shape index (κ2) is 5.38. The van der Waals surface area contributed by atoms with Crippen LogP contribution in [0.15, 0.2) is 23.1 Å². The number of rotatable bonds is 4. The van der Waals surface area contributed by atoms with Crippen molar-refractivity contribution in [1.29, 1.82) is 0 Å². The first kappa shape index (κ1) is 14.5. The summed E-state index contributed by atoms with van der Waals surface area (Å²) >= 11 is 0. The van der Waals surface area contributed by atoms with Crippen LogP contribution < -0.4 is 4.74 Å². The number of benzene rings is 1. The van der Waals surface area contributed by atoms with E-state index in [0.29, 0.717) is 0 Å². The Morgan fingerprint density at radius 3 is 2.44 bits per heavy atom. The Morgan fingerprint density at radius 2 is 2.00 bits per heavy atom. The van der Waals surface area contributed by atoms with Crippen molar-refractivity contribution < 1.29 is 32.0 Å². The normalized spacial score (nSPS) is 13.1. The lowest BCUT2D eigenvalue weighted by molar-refractivity contribution is -0.274. The molecule has 8 heteroatoms. The van der Waals surface area contributed by atoms with Gasteiger partial charge in [0, 0.05) is 10.6 Å². The Bertz CT molecular complexity index is 485. The zero-order valence-corrected chi connectivity index (χ0v) is 9.97. The van der Waals surface area contributed by atoms with Crippen LogP contribution in [-0.2, 0) is 10.8 Å². The summed E-state index contributed by atoms with van der Waals surface area (Å²) in [7, 11) is -1.57. The topological polar surface area (TPSA) is 63.6 Å². The van der Waals surface area contributed by atoms with E-state index in [9.17, 15) is 22.2 Å². The third-order valence-corrected chi connectivity index (χ3v) is 3.17. The molecule has 0 bridgehead atoms. The van der Waals surface area contributed by atoms with E-state index in [2.05, 4.69) is 4.74 Å². The minimum absolute atomic E-state index is 0.0170. The number of ether oxygens (including phenoxy) is 1. The lowest BCUT2D eigenvalue weighted by atomic mass is 10.2. The molecular formula is C10H9F3O4S. The van der Waals surface area contributed by atoms with Crippen LogP contribution in [0.2, 0.25) is 0 Å². The standard InChI is InChI=1S/C10H9F3O4S/c1-2-18(16)8-4-6(9(14)15)3-7(5-8)17-10(11,12)13/h3-5H,2H2,1H3,(H,14,15). The lowest BCUT2D eigenvalue weighted by Crippen LogP contribution is -2.17. The predicted octanol–water partition coefficient (Wildman–Crippen LogP) is 2.41. The van der Waals surface area contributed by atoms with Crippen LogP contribution in [0.25, 0.3) is 0 Å². The molecule has 18 heavy (non-hydrogen) atoms. The van der Waals surface area contributed by atoms with Crippen molar-refractivity contribution in [3.05, 3.63) is 23.8 Å². The van der Waals surface area contributed by atoms with Gasteiger partial charge in [-0.15, -0.1) is 13.2 Å². The molecule has 0 amide bonds. The number of carboxylic acids is 1. The molecule has 0 aromatic heterocycles. The highest BCUT2D eigenvalue weighted by Crippen LogP contribution is 2.26. The van der Waals surface area contributed by atoms with Crippen LogP contribution in [-0.4, -0.2) is 27.4 Å². The van der Waals surface area contributed by atoms with Crippen molar-refractivity contribution >= 4 is 16.8 Å². The van der Waals surface area contributed by atoms with Gasteiger partial charge in [0.2, 0.25) is 0 Å². The Hall–Kier alpha value is -1.57. The van der Waals surface area contributed by atoms with E-state index in [-0.39, 0.29) is 10.6 Å². The molecule has 0 aliphatic heterocycles. The molecule has 1 unspecified atom stereocenters. The lowest BCUT2D eigenvalue weighted by Gasteiger charge is -2.11. The van der Waals surface area contributed by atoms with Crippen LogP contribution in [0.5, 0.6) is 5.75 Å². The van der Waals surface area contributed by atoms with Gasteiger partial charge in [-0.2, -0.15) is 0 Å². The smallest absolute Gasteiger partial charge is 0.478 e. The Kier molecular flexibility index (Phi) is 4.33. The average Bonchev–Trinajstić information content (AvgIpc) is 2.25. The summed E-state index contributed by atoms with van der Waals surface area (Å²) in [5.41, 5.74) is -0.409. The zero-order chi connectivity index (χ0) is 13.9. The number of aromatic carboxylic acids is 1. The number of carboxylic acid groups (broad SMARTS) is 1. The van der Waals surface area contributed by atoms with E-state index >= 15 is 0 Å². The highest BCUT2D eigenvalue weighted by molar-refractivity contribution is 7.85. The molecule has 4 nitrogen and oxygen atoms in total. The first-order valence-corrected chi connectivity index (χ1v) is 6.07. The average molecular weight is 282 g/mol. The fraction of sp³-hybridized carbons (Fsp3) is 0.300. The van der Waals surface area contributed by atoms with Crippen molar-refractivity contribution in [2.45, 2.75) is 18.2 Å². The minimum atomic E-state index is -4.93. The monoisotopic (exact) mass is 282 g/mol. The summed E-state index contributed by atoms with van der Waals surface area (Å²) in [5.74, 6) is -1.95. The highest BCUT2D eigenvalue weighted by atomic mass is 32.2. The molecule has 1 atom stereocenters. The molecule has 1 rings (SSSR count). The largest absolute Gasteiger partial charge is 0.573 e. The SMILES string of the molecule is CCS(=O)c1cc(OC(F)(F)F)cc(C(=O)O)c1. The first-order valence-electron chi connectivity index (χ1n) is 4.75. The summed E-state index contributed by atoms with van der Waals surface area (Å²) in [5, 5.41) is 8.75. The molecule has 0 spiro atoms. The maximum absolute atomic E-state index is 12.0. The van der Waals surface area contributed by atoms with Gasteiger partial charge in [-0.3, -0.25) is 4.21 Å². The van der Waals surface area contributed by atoms with Gasteiger partial charge in [0.15, 0.2) is 0 Å². The van der Waals surface area contributed by atoms with Crippen molar-refractivity contribution in [2.24, 2.45) is 0 Å². The quantitative estimate of drug-likeness (QED) is 0.921. The van der Waals surface area contributed by atoms with E-state index in [1.807, 2.05) is 0 Å². The summed E-state index contributed by atoms with van der Waals surface area (Å²) in [6, 6.07) is 2.71. The summed E-state index contributed by atoms with van der Waals surface area (Å²) in [6.07, 6.45) is -4.93. The van der Waals surface area contributed by atoms with Crippen LogP contribution in [0, 0.1) is 0 Å². The molecule has 0 radical (unpaired) electrons. The molecule has 1 N–H and O–H groups in total. The van der Waals surface area contributed by atoms with E-state index in [1.54, 1.807) is 6.92 Å². The molecule has 0 saturated heterocycles. The molecule has 0 fully saturated rings. The highest BCUT2D eigenvalue weighted by Gasteiger charge is 2.31. The number of halogens is 3. The second-order valence-electron chi connectivity index (χ2n) is 3.18. The maximum Gasteiger partial charge on any atom is 0.573 e. The van der Waals surface area contributed by atoms with Gasteiger partial charge in [0.25, 0.3) is 0 Å². The van der Waals surface area contributed by atoms with Crippen LogP contribution in [0.3, 0.4) is 0 Å². The van der Waals surface area contributed by atoms with Gasteiger partial charge in [-0.1, -0.05) is 6.92 Å². The Morgan fingerprint density at radius 1 is 1.39 bits per heavy atom. The number of carbonyl (C=O) groups is 1. The Labute approximate surface area is 103 Å². The molecule has 0 saturated carbocycles. The molecule has 0 aliphatic rings. The minimum Gasteiger partial charge on any atom is -0.478 e. The van der Waals surface area contributed by atoms with E-state index in [4.69, 9.17) is 5.11 Å². The van der Waals surface area contributed by atoms with Gasteiger partial charge in [0.05, 0.1) is 16.4 Å². The molecule has 100 valence electrons. The summed E-state index contributed by atoms with van der Waals surface area (Å²) in [4.78, 5) is 10.7. The van der Waals surface area contributed by atoms with E-state index in [1.165, 1.54) is 0 Å². The third-order valence-electron chi connectivity index (χ3n) is 1.89. The van der Waals surface area contributed by atoms with Gasteiger partial charge in [-0.25, -0.2) is 4.79 Å². The Balaban J connectivity index is 3.22. The van der Waals surface area contributed by atoms with Crippen molar-refractivity contribution in [2.75, 3.05) is 5.75 Å².